The van der Waals surface area contributed by atoms with Crippen LogP contribution in [0.3, 0.4) is 0 Å². The van der Waals surface area contributed by atoms with Gasteiger partial charge in [-0.1, -0.05) is 206 Å². The molecule has 0 spiro atoms. The molecule has 0 saturated heterocycles. The summed E-state index contributed by atoms with van der Waals surface area (Å²) in [4.78, 5) is 10.0. The molecule has 1 aliphatic carbocycles. The molecular weight excluding hydrogens is 685 g/mol. The summed E-state index contributed by atoms with van der Waals surface area (Å²) in [6.45, 7) is 4.58. The first-order valence-corrected chi connectivity index (χ1v) is 24.3. The summed E-state index contributed by atoms with van der Waals surface area (Å²) in [5.74, 6) is 0.602. The first-order chi connectivity index (χ1) is 27.6. The summed E-state index contributed by atoms with van der Waals surface area (Å²) < 4.78 is 0. The third-order valence-corrected chi connectivity index (χ3v) is 12.3. The van der Waals surface area contributed by atoms with Crippen LogP contribution in [0.4, 0.5) is 0 Å². The van der Waals surface area contributed by atoms with Crippen LogP contribution in [0.1, 0.15) is 242 Å². The quantitative estimate of drug-likeness (QED) is 0.0550. The average Bonchev–Trinajstić information content (AvgIpc) is 3.21. The molecule has 2 N–H and O–H groups in total. The van der Waals surface area contributed by atoms with E-state index in [0.717, 1.165) is 49.7 Å². The highest BCUT2D eigenvalue weighted by atomic mass is 16.3. The van der Waals surface area contributed by atoms with Crippen molar-refractivity contribution >= 4 is 12.4 Å². The van der Waals surface area contributed by atoms with Crippen molar-refractivity contribution in [3.63, 3.8) is 0 Å². The van der Waals surface area contributed by atoms with E-state index in [2.05, 4.69) is 38.1 Å². The van der Waals surface area contributed by atoms with Crippen molar-refractivity contribution in [1.29, 1.82) is 0 Å². The Balaban J connectivity index is 1.33. The standard InChI is InChI=1S/C52H86N2O2/c1-3-5-7-9-11-13-15-17-19-21-23-25-27-29-33-45-37-39-51(55)47(41-45)43-53-49-35-31-32-36-50(49)54-44-48-42-46(38-40-52(48)56)34-30-28-26-24-22-20-18-16-14-12-10-8-6-4-2/h37-44,49-50,55-56H,3-36H2,1-2H3/t49-,50+. The molecular formula is C52H86N2O2. The molecule has 1 fully saturated rings. The van der Waals surface area contributed by atoms with E-state index in [9.17, 15) is 10.2 Å². The molecule has 2 atom stereocenters. The van der Waals surface area contributed by atoms with Crippen molar-refractivity contribution in [2.75, 3.05) is 0 Å². The van der Waals surface area contributed by atoms with E-state index >= 15 is 0 Å². The molecule has 0 unspecified atom stereocenters. The van der Waals surface area contributed by atoms with Crippen molar-refractivity contribution in [3.05, 3.63) is 58.7 Å². The van der Waals surface area contributed by atoms with Gasteiger partial charge in [-0.25, -0.2) is 0 Å². The van der Waals surface area contributed by atoms with Crippen molar-refractivity contribution in [3.8, 4) is 11.5 Å². The third kappa shape index (κ3) is 22.4. The lowest BCUT2D eigenvalue weighted by Gasteiger charge is -2.25. The van der Waals surface area contributed by atoms with Gasteiger partial charge in [-0.05, 0) is 73.9 Å². The number of hydrogen-bond acceptors (Lipinski definition) is 4. The number of benzene rings is 2. The van der Waals surface area contributed by atoms with E-state index in [4.69, 9.17) is 9.98 Å². The van der Waals surface area contributed by atoms with Gasteiger partial charge in [-0.15, -0.1) is 0 Å². The van der Waals surface area contributed by atoms with E-state index in [1.807, 2.05) is 24.6 Å². The smallest absolute Gasteiger partial charge is 0.124 e. The van der Waals surface area contributed by atoms with Crippen molar-refractivity contribution < 1.29 is 10.2 Å². The first kappa shape index (κ1) is 47.8. The lowest BCUT2D eigenvalue weighted by atomic mass is 9.91. The minimum absolute atomic E-state index is 0.0923. The Kier molecular flexibility index (Phi) is 27.6. The number of rotatable bonds is 34. The Hall–Kier alpha value is -2.62. The molecule has 316 valence electrons. The molecule has 2 aromatic carbocycles. The Bertz CT molecular complexity index is 1200. The normalized spacial score (nSPS) is 16.1. The van der Waals surface area contributed by atoms with E-state index in [1.54, 1.807) is 0 Å². The molecule has 1 saturated carbocycles. The summed E-state index contributed by atoms with van der Waals surface area (Å²) in [5.41, 5.74) is 4.20. The van der Waals surface area contributed by atoms with Gasteiger partial charge in [-0.3, -0.25) is 9.98 Å². The molecule has 3 rings (SSSR count). The summed E-state index contributed by atoms with van der Waals surface area (Å²) in [7, 11) is 0. The van der Waals surface area contributed by atoms with Gasteiger partial charge >= 0.3 is 0 Å². The van der Waals surface area contributed by atoms with Crippen LogP contribution < -0.4 is 0 Å². The molecule has 2 aromatic rings. The van der Waals surface area contributed by atoms with Crippen LogP contribution in [-0.2, 0) is 12.8 Å². The Morgan fingerprint density at radius 1 is 0.429 bits per heavy atom. The van der Waals surface area contributed by atoms with Crippen LogP contribution >= 0.6 is 0 Å². The fourth-order valence-electron chi connectivity index (χ4n) is 8.56. The Morgan fingerprint density at radius 2 is 0.714 bits per heavy atom. The predicted molar refractivity (Wildman–Crippen MR) is 245 cm³/mol. The number of unbranched alkanes of at least 4 members (excludes halogenated alkanes) is 26. The van der Waals surface area contributed by atoms with Crippen LogP contribution in [0.15, 0.2) is 46.4 Å². The van der Waals surface area contributed by atoms with E-state index in [1.165, 1.54) is 191 Å². The zero-order valence-electron chi connectivity index (χ0n) is 36.6. The van der Waals surface area contributed by atoms with Gasteiger partial charge in [0.2, 0.25) is 0 Å². The zero-order valence-corrected chi connectivity index (χ0v) is 36.6. The van der Waals surface area contributed by atoms with Gasteiger partial charge in [0.05, 0.1) is 12.1 Å². The van der Waals surface area contributed by atoms with Gasteiger partial charge in [0.15, 0.2) is 0 Å². The zero-order chi connectivity index (χ0) is 39.7. The number of phenolic OH excluding ortho intramolecular Hbond substituents is 2. The second kappa shape index (κ2) is 32.3. The minimum atomic E-state index is 0.0923. The maximum atomic E-state index is 10.7. The number of aromatic hydroxyl groups is 2. The van der Waals surface area contributed by atoms with Gasteiger partial charge < -0.3 is 10.2 Å². The van der Waals surface area contributed by atoms with Gasteiger partial charge in [0, 0.05) is 23.6 Å². The summed E-state index contributed by atoms with van der Waals surface area (Å²) in [5, 5.41) is 21.3. The van der Waals surface area contributed by atoms with E-state index < -0.39 is 0 Å². The molecule has 56 heavy (non-hydrogen) atoms. The van der Waals surface area contributed by atoms with Crippen molar-refractivity contribution in [2.45, 2.75) is 244 Å². The van der Waals surface area contributed by atoms with Gasteiger partial charge in [0.25, 0.3) is 0 Å². The molecule has 0 amide bonds. The molecule has 4 nitrogen and oxygen atoms in total. The fraction of sp³-hybridized carbons (Fsp3) is 0.731. The number of hydrogen-bond donors (Lipinski definition) is 2. The lowest BCUT2D eigenvalue weighted by molar-refractivity contribution is 0.390. The topological polar surface area (TPSA) is 65.2 Å². The fourth-order valence-corrected chi connectivity index (χ4v) is 8.56. The van der Waals surface area contributed by atoms with Crippen LogP contribution in [0.5, 0.6) is 11.5 Å². The monoisotopic (exact) mass is 771 g/mol. The second-order valence-electron chi connectivity index (χ2n) is 17.5. The predicted octanol–water partition coefficient (Wildman–Crippen LogP) is 16.0. The molecule has 0 radical (unpaired) electrons. The highest BCUT2D eigenvalue weighted by Crippen LogP contribution is 2.27. The van der Waals surface area contributed by atoms with E-state index in [0.29, 0.717) is 11.5 Å². The highest BCUT2D eigenvalue weighted by Gasteiger charge is 2.23. The lowest BCUT2D eigenvalue weighted by Crippen LogP contribution is -2.27. The summed E-state index contributed by atoms with van der Waals surface area (Å²) in [6.07, 6.45) is 48.7. The van der Waals surface area contributed by atoms with Crippen LogP contribution in [0.2, 0.25) is 0 Å². The van der Waals surface area contributed by atoms with Gasteiger partial charge in [0.1, 0.15) is 11.5 Å². The number of phenols is 2. The maximum Gasteiger partial charge on any atom is 0.124 e. The van der Waals surface area contributed by atoms with E-state index in [-0.39, 0.29) is 12.1 Å². The number of aryl methyl sites for hydroxylation is 2. The molecule has 0 bridgehead atoms. The van der Waals surface area contributed by atoms with Crippen molar-refractivity contribution in [1.82, 2.24) is 0 Å². The highest BCUT2D eigenvalue weighted by molar-refractivity contribution is 5.84. The molecule has 0 aliphatic heterocycles. The minimum Gasteiger partial charge on any atom is -0.507 e. The van der Waals surface area contributed by atoms with Gasteiger partial charge in [-0.2, -0.15) is 0 Å². The third-order valence-electron chi connectivity index (χ3n) is 12.3. The summed E-state index contributed by atoms with van der Waals surface area (Å²) >= 11 is 0. The summed E-state index contributed by atoms with van der Waals surface area (Å²) in [6, 6.07) is 12.3. The van der Waals surface area contributed by atoms with Crippen molar-refractivity contribution in [2.24, 2.45) is 9.98 Å². The molecule has 4 heteroatoms. The maximum absolute atomic E-state index is 10.7. The largest absolute Gasteiger partial charge is 0.507 e. The Morgan fingerprint density at radius 3 is 1.02 bits per heavy atom. The van der Waals surface area contributed by atoms with Crippen LogP contribution in [0.25, 0.3) is 0 Å². The second-order valence-corrected chi connectivity index (χ2v) is 17.5. The molecule has 1 aliphatic rings. The SMILES string of the molecule is CCCCCCCCCCCCCCCCc1ccc(O)c(C=N[C@H]2CCCC[C@H]2N=Cc2cc(CCCCCCCCCCCCCCCC)ccc2O)c1. The molecule has 0 aromatic heterocycles. The number of nitrogens with zero attached hydrogens (tertiary/aromatic N) is 2. The Labute approximate surface area is 345 Å². The van der Waals surface area contributed by atoms with Crippen LogP contribution in [0, 0.1) is 0 Å². The first-order valence-electron chi connectivity index (χ1n) is 24.3. The van der Waals surface area contributed by atoms with Crippen LogP contribution in [-0.4, -0.2) is 34.7 Å². The number of aliphatic imine (C=N–C) groups is 2. The molecule has 0 heterocycles. The average molecular weight is 771 g/mol.